The molecule has 0 aliphatic heterocycles. The number of aromatic nitrogens is 2. The van der Waals surface area contributed by atoms with E-state index in [9.17, 15) is 0 Å². The largest absolute Gasteiger partial charge is 0.381 e. The Morgan fingerprint density at radius 2 is 1.86 bits per heavy atom. The molecule has 0 bridgehead atoms. The third-order valence-corrected chi connectivity index (χ3v) is 4.04. The summed E-state index contributed by atoms with van der Waals surface area (Å²) in [5.74, 6) is 0. The van der Waals surface area contributed by atoms with Gasteiger partial charge in [0.25, 0.3) is 0 Å². The summed E-state index contributed by atoms with van der Waals surface area (Å²) in [5.41, 5.74) is 5.53. The summed E-state index contributed by atoms with van der Waals surface area (Å²) in [6.45, 7) is 4.80. The lowest BCUT2D eigenvalue weighted by Gasteiger charge is -2.07. The molecule has 2 heterocycles. The van der Waals surface area contributed by atoms with E-state index in [-0.39, 0.29) is 0 Å². The number of nitrogens with zero attached hydrogens (tertiary/aromatic N) is 2. The van der Waals surface area contributed by atoms with Crippen LogP contribution in [0.25, 0.3) is 11.3 Å². The Morgan fingerprint density at radius 1 is 1.05 bits per heavy atom. The van der Waals surface area contributed by atoms with Gasteiger partial charge in [-0.1, -0.05) is 18.2 Å². The summed E-state index contributed by atoms with van der Waals surface area (Å²) in [4.78, 5) is 8.80. The number of anilines is 1. The lowest BCUT2D eigenvalue weighted by atomic mass is 10.1. The van der Waals surface area contributed by atoms with Gasteiger partial charge < -0.3 is 5.32 Å². The first-order valence-corrected chi connectivity index (χ1v) is 7.77. The van der Waals surface area contributed by atoms with Gasteiger partial charge in [-0.2, -0.15) is 0 Å². The SMILES string of the molecule is Cc1ccc(CNc2ccc(-c3csc(C)n3)cc2)cn1. The van der Waals surface area contributed by atoms with Gasteiger partial charge in [0, 0.05) is 35.1 Å². The summed E-state index contributed by atoms with van der Waals surface area (Å²) in [7, 11) is 0. The minimum absolute atomic E-state index is 0.780. The lowest BCUT2D eigenvalue weighted by Crippen LogP contribution is -1.99. The van der Waals surface area contributed by atoms with Crippen molar-refractivity contribution in [2.45, 2.75) is 20.4 Å². The fourth-order valence-corrected chi connectivity index (χ4v) is 2.68. The van der Waals surface area contributed by atoms with Gasteiger partial charge in [-0.3, -0.25) is 4.98 Å². The van der Waals surface area contributed by atoms with E-state index < -0.39 is 0 Å². The molecular formula is C17H17N3S. The first-order chi connectivity index (χ1) is 10.2. The fraction of sp³-hybridized carbons (Fsp3) is 0.176. The number of aryl methyl sites for hydroxylation is 2. The average Bonchev–Trinajstić information content (AvgIpc) is 2.94. The monoisotopic (exact) mass is 295 g/mol. The highest BCUT2D eigenvalue weighted by atomic mass is 32.1. The number of hydrogen-bond acceptors (Lipinski definition) is 4. The van der Waals surface area contributed by atoms with Gasteiger partial charge in [0.05, 0.1) is 10.7 Å². The van der Waals surface area contributed by atoms with E-state index in [4.69, 9.17) is 0 Å². The molecule has 0 spiro atoms. The van der Waals surface area contributed by atoms with Crippen LogP contribution in [0.5, 0.6) is 0 Å². The van der Waals surface area contributed by atoms with Gasteiger partial charge in [-0.15, -0.1) is 11.3 Å². The quantitative estimate of drug-likeness (QED) is 0.773. The van der Waals surface area contributed by atoms with E-state index in [1.807, 2.05) is 26.1 Å². The van der Waals surface area contributed by atoms with E-state index in [0.717, 1.165) is 34.2 Å². The van der Waals surface area contributed by atoms with Gasteiger partial charge in [-0.05, 0) is 37.6 Å². The maximum Gasteiger partial charge on any atom is 0.0901 e. The summed E-state index contributed by atoms with van der Waals surface area (Å²) >= 11 is 1.68. The van der Waals surface area contributed by atoms with Crippen molar-refractivity contribution in [3.05, 3.63) is 64.2 Å². The molecule has 0 saturated heterocycles. The van der Waals surface area contributed by atoms with Crippen LogP contribution in [0, 0.1) is 13.8 Å². The molecule has 0 aliphatic carbocycles. The van der Waals surface area contributed by atoms with Gasteiger partial charge in [0.1, 0.15) is 0 Å². The number of thiazole rings is 1. The first-order valence-electron chi connectivity index (χ1n) is 6.89. The summed E-state index contributed by atoms with van der Waals surface area (Å²) in [6.07, 6.45) is 1.91. The lowest BCUT2D eigenvalue weighted by molar-refractivity contribution is 1.09. The normalized spacial score (nSPS) is 10.6. The van der Waals surface area contributed by atoms with Crippen LogP contribution in [-0.2, 0) is 6.54 Å². The third kappa shape index (κ3) is 3.47. The first kappa shape index (κ1) is 13.8. The molecule has 3 aromatic rings. The number of benzene rings is 1. The van der Waals surface area contributed by atoms with E-state index in [2.05, 4.69) is 51.0 Å². The second-order valence-corrected chi connectivity index (χ2v) is 6.05. The van der Waals surface area contributed by atoms with Crippen LogP contribution in [0.4, 0.5) is 5.69 Å². The van der Waals surface area contributed by atoms with Crippen LogP contribution >= 0.6 is 11.3 Å². The van der Waals surface area contributed by atoms with Crippen LogP contribution in [0.2, 0.25) is 0 Å². The zero-order valence-corrected chi connectivity index (χ0v) is 12.9. The number of rotatable bonds is 4. The van der Waals surface area contributed by atoms with Crippen molar-refractivity contribution < 1.29 is 0 Å². The van der Waals surface area contributed by atoms with Crippen molar-refractivity contribution in [3.63, 3.8) is 0 Å². The Hall–Kier alpha value is -2.20. The minimum atomic E-state index is 0.780. The zero-order valence-electron chi connectivity index (χ0n) is 12.1. The van der Waals surface area contributed by atoms with Gasteiger partial charge in [-0.25, -0.2) is 4.98 Å². The molecule has 1 N–H and O–H groups in total. The molecular weight excluding hydrogens is 278 g/mol. The van der Waals surface area contributed by atoms with Crippen LogP contribution in [0.15, 0.2) is 48.0 Å². The van der Waals surface area contributed by atoms with E-state index in [1.54, 1.807) is 11.3 Å². The standard InChI is InChI=1S/C17H17N3S/c1-12-3-4-14(9-18-12)10-19-16-7-5-15(6-8-16)17-11-21-13(2)20-17/h3-9,11,19H,10H2,1-2H3. The third-order valence-electron chi connectivity index (χ3n) is 3.27. The van der Waals surface area contributed by atoms with Gasteiger partial charge >= 0.3 is 0 Å². The summed E-state index contributed by atoms with van der Waals surface area (Å²) < 4.78 is 0. The summed E-state index contributed by atoms with van der Waals surface area (Å²) in [6, 6.07) is 12.5. The molecule has 0 atom stereocenters. The smallest absolute Gasteiger partial charge is 0.0901 e. The second-order valence-electron chi connectivity index (χ2n) is 4.99. The predicted molar refractivity (Wildman–Crippen MR) is 88.6 cm³/mol. The van der Waals surface area contributed by atoms with Crippen molar-refractivity contribution in [2.24, 2.45) is 0 Å². The van der Waals surface area contributed by atoms with Crippen molar-refractivity contribution >= 4 is 17.0 Å². The molecule has 1 aromatic carbocycles. The molecule has 0 aliphatic rings. The zero-order chi connectivity index (χ0) is 14.7. The van der Waals surface area contributed by atoms with Crippen molar-refractivity contribution in [1.29, 1.82) is 0 Å². The highest BCUT2D eigenvalue weighted by Crippen LogP contribution is 2.23. The van der Waals surface area contributed by atoms with Crippen LogP contribution < -0.4 is 5.32 Å². The van der Waals surface area contributed by atoms with Crippen LogP contribution in [0.3, 0.4) is 0 Å². The topological polar surface area (TPSA) is 37.8 Å². The second kappa shape index (κ2) is 6.06. The maximum absolute atomic E-state index is 4.50. The molecule has 4 heteroatoms. The minimum Gasteiger partial charge on any atom is -0.381 e. The van der Waals surface area contributed by atoms with Crippen LogP contribution in [0.1, 0.15) is 16.3 Å². The molecule has 0 amide bonds. The van der Waals surface area contributed by atoms with E-state index in [1.165, 1.54) is 5.56 Å². The Labute approximate surface area is 128 Å². The van der Waals surface area contributed by atoms with Crippen LogP contribution in [-0.4, -0.2) is 9.97 Å². The van der Waals surface area contributed by atoms with Crippen molar-refractivity contribution in [1.82, 2.24) is 9.97 Å². The van der Waals surface area contributed by atoms with Crippen molar-refractivity contribution in [3.8, 4) is 11.3 Å². The number of nitrogens with one attached hydrogen (secondary N) is 1. The molecule has 21 heavy (non-hydrogen) atoms. The number of pyridine rings is 1. The van der Waals surface area contributed by atoms with Gasteiger partial charge in [0.2, 0.25) is 0 Å². The molecule has 106 valence electrons. The molecule has 0 saturated carbocycles. The highest BCUT2D eigenvalue weighted by molar-refractivity contribution is 7.09. The van der Waals surface area contributed by atoms with E-state index >= 15 is 0 Å². The molecule has 0 fully saturated rings. The maximum atomic E-state index is 4.50. The number of hydrogen-bond donors (Lipinski definition) is 1. The summed E-state index contributed by atoms with van der Waals surface area (Å²) in [5, 5.41) is 6.60. The Bertz CT molecular complexity index is 715. The van der Waals surface area contributed by atoms with Gasteiger partial charge in [0.15, 0.2) is 0 Å². The highest BCUT2D eigenvalue weighted by Gasteiger charge is 2.02. The average molecular weight is 295 g/mol. The fourth-order valence-electron chi connectivity index (χ4n) is 2.06. The Balaban J connectivity index is 1.65. The molecule has 2 aromatic heterocycles. The van der Waals surface area contributed by atoms with Crippen molar-refractivity contribution in [2.75, 3.05) is 5.32 Å². The molecule has 0 unspecified atom stereocenters. The molecule has 0 radical (unpaired) electrons. The molecule has 3 nitrogen and oxygen atoms in total. The molecule has 3 rings (SSSR count). The Morgan fingerprint density at radius 3 is 2.48 bits per heavy atom. The Kier molecular flexibility index (Phi) is 3.97. The predicted octanol–water partition coefficient (Wildman–Crippen LogP) is 4.43. The van der Waals surface area contributed by atoms with E-state index in [0.29, 0.717) is 0 Å².